The van der Waals surface area contributed by atoms with Gasteiger partial charge in [-0.3, -0.25) is 19.8 Å². The third-order valence-corrected chi connectivity index (χ3v) is 5.39. The number of hydrogen-bond donors (Lipinski definition) is 2. The molecular formula is C20H21N3O5S. The molecular weight excluding hydrogens is 394 g/mol. The summed E-state index contributed by atoms with van der Waals surface area (Å²) in [6, 6.07) is 12.5. The van der Waals surface area contributed by atoms with Crippen molar-refractivity contribution in [1.29, 1.82) is 0 Å². The first-order chi connectivity index (χ1) is 13.9. The van der Waals surface area contributed by atoms with E-state index < -0.39 is 36.0 Å². The topological polar surface area (TPSA) is 105 Å². The average Bonchev–Trinajstić information content (AvgIpc) is 3.28. The number of esters is 1. The van der Waals surface area contributed by atoms with Crippen molar-refractivity contribution in [2.45, 2.75) is 31.7 Å². The second kappa shape index (κ2) is 8.87. The lowest BCUT2D eigenvalue weighted by atomic mass is 9.93. The molecule has 0 aliphatic carbocycles. The van der Waals surface area contributed by atoms with Gasteiger partial charge >= 0.3 is 12.0 Å². The van der Waals surface area contributed by atoms with Gasteiger partial charge in [-0.2, -0.15) is 5.01 Å². The van der Waals surface area contributed by atoms with Gasteiger partial charge in [0.15, 0.2) is 6.61 Å². The van der Waals surface area contributed by atoms with Crippen LogP contribution < -0.4 is 10.7 Å². The van der Waals surface area contributed by atoms with Crippen molar-refractivity contribution in [3.63, 3.8) is 0 Å². The molecule has 1 aromatic carbocycles. The van der Waals surface area contributed by atoms with Gasteiger partial charge < -0.3 is 10.1 Å². The van der Waals surface area contributed by atoms with Crippen molar-refractivity contribution in [3.05, 3.63) is 58.3 Å². The maximum absolute atomic E-state index is 12.7. The number of urea groups is 1. The third kappa shape index (κ3) is 5.20. The van der Waals surface area contributed by atoms with Gasteiger partial charge in [-0.25, -0.2) is 4.79 Å². The van der Waals surface area contributed by atoms with Crippen LogP contribution in [0.1, 0.15) is 23.8 Å². The quantitative estimate of drug-likeness (QED) is 0.505. The Hall–Kier alpha value is -3.20. The molecule has 1 aliphatic heterocycles. The number of hydrazine groups is 1. The van der Waals surface area contributed by atoms with Gasteiger partial charge in [0.2, 0.25) is 0 Å². The third-order valence-electron chi connectivity index (χ3n) is 4.52. The number of benzene rings is 1. The second-order valence-corrected chi connectivity index (χ2v) is 7.87. The van der Waals surface area contributed by atoms with Crippen molar-refractivity contribution in [1.82, 2.24) is 15.8 Å². The van der Waals surface area contributed by atoms with E-state index in [1.165, 1.54) is 11.3 Å². The Labute approximate surface area is 171 Å². The van der Waals surface area contributed by atoms with E-state index in [-0.39, 0.29) is 6.42 Å². The molecule has 2 heterocycles. The molecule has 3 rings (SSSR count). The first-order valence-corrected chi connectivity index (χ1v) is 9.93. The summed E-state index contributed by atoms with van der Waals surface area (Å²) >= 11 is 1.41. The predicted octanol–water partition coefficient (Wildman–Crippen LogP) is 1.81. The lowest BCUT2D eigenvalue weighted by molar-refractivity contribution is -0.150. The van der Waals surface area contributed by atoms with E-state index in [4.69, 9.17) is 4.74 Å². The highest BCUT2D eigenvalue weighted by Gasteiger charge is 2.48. The van der Waals surface area contributed by atoms with Crippen molar-refractivity contribution < 1.29 is 23.9 Å². The SMILES string of the molecule is C[C@]1(CCc2ccccc2)NC(=O)N(NC(=O)COC(=O)Cc2cccs2)C1=O. The number of nitrogens with one attached hydrogen (secondary N) is 2. The number of ether oxygens (including phenoxy) is 1. The molecule has 1 saturated heterocycles. The molecule has 8 nitrogen and oxygen atoms in total. The van der Waals surface area contributed by atoms with Crippen LogP contribution in [0.4, 0.5) is 4.79 Å². The normalized spacial score (nSPS) is 18.4. The number of thiophene rings is 1. The van der Waals surface area contributed by atoms with Gasteiger partial charge in [0, 0.05) is 4.88 Å². The molecule has 0 saturated carbocycles. The van der Waals surface area contributed by atoms with Gasteiger partial charge in [-0.1, -0.05) is 36.4 Å². The van der Waals surface area contributed by atoms with E-state index >= 15 is 0 Å². The van der Waals surface area contributed by atoms with E-state index in [0.29, 0.717) is 17.9 Å². The maximum Gasteiger partial charge on any atom is 0.344 e. The van der Waals surface area contributed by atoms with Gasteiger partial charge in [0.05, 0.1) is 6.42 Å². The summed E-state index contributed by atoms with van der Waals surface area (Å²) in [4.78, 5) is 49.4. The number of carbonyl (C=O) groups excluding carboxylic acids is 4. The molecule has 1 fully saturated rings. The fourth-order valence-electron chi connectivity index (χ4n) is 2.90. The molecule has 2 N–H and O–H groups in total. The predicted molar refractivity (Wildman–Crippen MR) is 106 cm³/mol. The zero-order valence-electron chi connectivity index (χ0n) is 15.8. The van der Waals surface area contributed by atoms with Crippen molar-refractivity contribution in [2.75, 3.05) is 6.61 Å². The van der Waals surface area contributed by atoms with Crippen LogP contribution >= 0.6 is 11.3 Å². The lowest BCUT2D eigenvalue weighted by Gasteiger charge is -2.21. The van der Waals surface area contributed by atoms with Gasteiger partial charge in [-0.05, 0) is 36.8 Å². The fourth-order valence-corrected chi connectivity index (χ4v) is 3.59. The Morgan fingerprint density at radius 2 is 1.93 bits per heavy atom. The molecule has 9 heteroatoms. The summed E-state index contributed by atoms with van der Waals surface area (Å²) in [6.07, 6.45) is 1.03. The molecule has 152 valence electrons. The summed E-state index contributed by atoms with van der Waals surface area (Å²) in [7, 11) is 0. The Morgan fingerprint density at radius 1 is 1.17 bits per heavy atom. The Bertz CT molecular complexity index is 900. The van der Waals surface area contributed by atoms with Crippen molar-refractivity contribution in [3.8, 4) is 0 Å². The van der Waals surface area contributed by atoms with Crippen LogP contribution in [0.3, 0.4) is 0 Å². The van der Waals surface area contributed by atoms with Crippen LogP contribution in [0.15, 0.2) is 47.8 Å². The molecule has 1 aromatic heterocycles. The van der Waals surface area contributed by atoms with Crippen molar-refractivity contribution >= 4 is 35.2 Å². The van der Waals surface area contributed by atoms with Gasteiger partial charge in [-0.15, -0.1) is 11.3 Å². The first-order valence-electron chi connectivity index (χ1n) is 9.05. The van der Waals surface area contributed by atoms with Crippen LogP contribution in [-0.4, -0.2) is 41.0 Å². The summed E-state index contributed by atoms with van der Waals surface area (Å²) in [5.41, 5.74) is 2.11. The van der Waals surface area contributed by atoms with Gasteiger partial charge in [0.1, 0.15) is 5.54 Å². The molecule has 0 unspecified atom stereocenters. The number of aryl methyl sites for hydroxylation is 1. The standard InChI is InChI=1S/C20H21N3O5S/c1-20(10-9-14-6-3-2-4-7-14)18(26)23(19(27)21-20)22-16(24)13-28-17(25)12-15-8-5-11-29-15/h2-8,11H,9-10,12-13H2,1H3,(H,21,27)(H,22,24)/t20-/m1/s1. The molecule has 0 radical (unpaired) electrons. The summed E-state index contributed by atoms with van der Waals surface area (Å²) in [6.45, 7) is 1.03. The number of carbonyl (C=O) groups is 4. The number of nitrogens with zero attached hydrogens (tertiary/aromatic N) is 1. The largest absolute Gasteiger partial charge is 0.455 e. The van der Waals surface area contributed by atoms with Crippen LogP contribution in [0, 0.1) is 0 Å². The minimum Gasteiger partial charge on any atom is -0.455 e. The Kier molecular flexibility index (Phi) is 6.28. The molecule has 29 heavy (non-hydrogen) atoms. The fraction of sp³-hybridized carbons (Fsp3) is 0.300. The van der Waals surface area contributed by atoms with Crippen LogP contribution in [-0.2, 0) is 32.0 Å². The molecule has 0 spiro atoms. The van der Waals surface area contributed by atoms with Crippen LogP contribution in [0.2, 0.25) is 0 Å². The van der Waals surface area contributed by atoms with E-state index in [0.717, 1.165) is 10.4 Å². The summed E-state index contributed by atoms with van der Waals surface area (Å²) in [5, 5.41) is 5.09. The van der Waals surface area contributed by atoms with E-state index in [1.807, 2.05) is 41.8 Å². The summed E-state index contributed by atoms with van der Waals surface area (Å²) < 4.78 is 4.90. The number of amides is 4. The number of hydrogen-bond acceptors (Lipinski definition) is 6. The smallest absolute Gasteiger partial charge is 0.344 e. The highest BCUT2D eigenvalue weighted by Crippen LogP contribution is 2.22. The zero-order chi connectivity index (χ0) is 20.9. The molecule has 0 bridgehead atoms. The zero-order valence-corrected chi connectivity index (χ0v) is 16.7. The number of rotatable bonds is 8. The molecule has 4 amide bonds. The number of imide groups is 1. The van der Waals surface area contributed by atoms with E-state index in [2.05, 4.69) is 10.7 Å². The molecule has 2 aromatic rings. The highest BCUT2D eigenvalue weighted by atomic mass is 32.1. The maximum atomic E-state index is 12.7. The van der Waals surface area contributed by atoms with E-state index in [1.54, 1.807) is 13.0 Å². The molecule has 1 aliphatic rings. The minimum absolute atomic E-state index is 0.0611. The van der Waals surface area contributed by atoms with Crippen molar-refractivity contribution in [2.24, 2.45) is 0 Å². The summed E-state index contributed by atoms with van der Waals surface area (Å²) in [5.74, 6) is -1.88. The monoisotopic (exact) mass is 415 g/mol. The van der Waals surface area contributed by atoms with E-state index in [9.17, 15) is 19.2 Å². The minimum atomic E-state index is -1.13. The molecule has 1 atom stereocenters. The average molecular weight is 415 g/mol. The Morgan fingerprint density at radius 3 is 2.62 bits per heavy atom. The lowest BCUT2D eigenvalue weighted by Crippen LogP contribution is -2.50. The van der Waals surface area contributed by atoms with Crippen LogP contribution in [0.5, 0.6) is 0 Å². The second-order valence-electron chi connectivity index (χ2n) is 6.84. The first kappa shape index (κ1) is 20.5. The van der Waals surface area contributed by atoms with Gasteiger partial charge in [0.25, 0.3) is 11.8 Å². The Balaban J connectivity index is 1.49. The highest BCUT2D eigenvalue weighted by molar-refractivity contribution is 7.10. The van der Waals surface area contributed by atoms with Crippen LogP contribution in [0.25, 0.3) is 0 Å².